The van der Waals surface area contributed by atoms with Crippen molar-refractivity contribution in [3.8, 4) is 0 Å². The molecule has 2 rings (SSSR count). The van der Waals surface area contributed by atoms with Gasteiger partial charge in [0.05, 0.1) is 5.75 Å². The Balaban J connectivity index is 1.83. The molecule has 1 aliphatic heterocycles. The zero-order valence-corrected chi connectivity index (χ0v) is 11.6. The van der Waals surface area contributed by atoms with Gasteiger partial charge in [0.2, 0.25) is 5.91 Å². The topological polar surface area (TPSA) is 46.3 Å². The summed E-state index contributed by atoms with van der Waals surface area (Å²) in [4.78, 5) is 15.0. The second kappa shape index (κ2) is 6.14. The molecule has 1 amide bonds. The van der Waals surface area contributed by atoms with Crippen molar-refractivity contribution in [3.05, 3.63) is 24.3 Å². The van der Waals surface area contributed by atoms with E-state index in [1.807, 2.05) is 29.2 Å². The summed E-state index contributed by atoms with van der Waals surface area (Å²) in [5, 5.41) is 0. The molecular weight excluding hydrogens is 244 g/mol. The van der Waals surface area contributed by atoms with Gasteiger partial charge in [-0.25, -0.2) is 0 Å². The molecule has 0 aromatic heterocycles. The molecule has 18 heavy (non-hydrogen) atoms. The second-order valence-corrected chi connectivity index (χ2v) is 5.91. The van der Waals surface area contributed by atoms with Gasteiger partial charge in [0, 0.05) is 23.7 Å². The molecule has 0 radical (unpaired) electrons. The predicted octanol–water partition coefficient (Wildman–Crippen LogP) is 2.62. The third-order valence-corrected chi connectivity index (χ3v) is 4.48. The quantitative estimate of drug-likeness (QED) is 0.674. The van der Waals surface area contributed by atoms with Gasteiger partial charge in [-0.1, -0.05) is 19.1 Å². The maximum atomic E-state index is 12.1. The molecule has 2 N–H and O–H groups in total. The molecule has 0 aliphatic carbocycles. The molecule has 1 aliphatic rings. The Morgan fingerprint density at radius 1 is 1.39 bits per heavy atom. The van der Waals surface area contributed by atoms with Gasteiger partial charge >= 0.3 is 0 Å². The van der Waals surface area contributed by atoms with E-state index in [2.05, 4.69) is 6.92 Å². The maximum absolute atomic E-state index is 12.1. The number of nitrogen functional groups attached to an aromatic ring is 1. The predicted molar refractivity (Wildman–Crippen MR) is 76.6 cm³/mol. The van der Waals surface area contributed by atoms with Crippen molar-refractivity contribution >= 4 is 23.4 Å². The van der Waals surface area contributed by atoms with Crippen molar-refractivity contribution in [1.82, 2.24) is 4.90 Å². The summed E-state index contributed by atoms with van der Waals surface area (Å²) in [6, 6.07) is 7.69. The zero-order valence-electron chi connectivity index (χ0n) is 10.8. The molecule has 0 bridgehead atoms. The van der Waals surface area contributed by atoms with E-state index in [4.69, 9.17) is 5.73 Å². The summed E-state index contributed by atoms with van der Waals surface area (Å²) < 4.78 is 0. The number of para-hydroxylation sites is 1. The van der Waals surface area contributed by atoms with Gasteiger partial charge in [-0.05, 0) is 30.9 Å². The molecule has 1 heterocycles. The van der Waals surface area contributed by atoms with Crippen LogP contribution in [0.2, 0.25) is 0 Å². The lowest BCUT2D eigenvalue weighted by Crippen LogP contribution is -2.38. The highest BCUT2D eigenvalue weighted by Crippen LogP contribution is 2.25. The molecule has 1 fully saturated rings. The van der Waals surface area contributed by atoms with Crippen LogP contribution in [0, 0.1) is 5.92 Å². The van der Waals surface area contributed by atoms with Gasteiger partial charge in [0.1, 0.15) is 0 Å². The normalized spacial score (nSPS) is 16.8. The van der Waals surface area contributed by atoms with Crippen LogP contribution < -0.4 is 5.73 Å². The van der Waals surface area contributed by atoms with Crippen molar-refractivity contribution in [3.63, 3.8) is 0 Å². The third-order valence-electron chi connectivity index (χ3n) is 3.41. The highest BCUT2D eigenvalue weighted by atomic mass is 32.2. The molecule has 1 aromatic carbocycles. The molecule has 4 heteroatoms. The van der Waals surface area contributed by atoms with E-state index < -0.39 is 0 Å². The number of benzene rings is 1. The van der Waals surface area contributed by atoms with E-state index in [0.29, 0.717) is 5.75 Å². The van der Waals surface area contributed by atoms with Gasteiger partial charge in [-0.3, -0.25) is 4.79 Å². The number of carbonyl (C=O) groups is 1. The van der Waals surface area contributed by atoms with Crippen LogP contribution >= 0.6 is 11.8 Å². The van der Waals surface area contributed by atoms with Crippen LogP contribution in [0.15, 0.2) is 29.2 Å². The zero-order chi connectivity index (χ0) is 13.0. The summed E-state index contributed by atoms with van der Waals surface area (Å²) >= 11 is 1.53. The fraction of sp³-hybridized carbons (Fsp3) is 0.500. The largest absolute Gasteiger partial charge is 0.398 e. The minimum absolute atomic E-state index is 0.232. The van der Waals surface area contributed by atoms with Crippen LogP contribution in [0.25, 0.3) is 0 Å². The molecule has 0 atom stereocenters. The van der Waals surface area contributed by atoms with Crippen LogP contribution in [0.3, 0.4) is 0 Å². The number of anilines is 1. The highest BCUT2D eigenvalue weighted by molar-refractivity contribution is 8.00. The Bertz CT molecular complexity index is 414. The average Bonchev–Trinajstić information content (AvgIpc) is 2.38. The molecular formula is C14H20N2OS. The Labute approximate surface area is 113 Å². The number of piperidine rings is 1. The average molecular weight is 264 g/mol. The summed E-state index contributed by atoms with van der Waals surface area (Å²) in [6.45, 7) is 4.07. The van der Waals surface area contributed by atoms with Crippen LogP contribution in [0.4, 0.5) is 5.69 Å². The van der Waals surface area contributed by atoms with E-state index >= 15 is 0 Å². The number of rotatable bonds is 3. The standard InChI is InChI=1S/C14H20N2OS/c1-11-6-8-16(9-7-11)14(17)10-18-13-5-3-2-4-12(13)15/h2-5,11H,6-10,15H2,1H3. The number of amides is 1. The number of likely N-dealkylation sites (tertiary alicyclic amines) is 1. The first-order valence-electron chi connectivity index (χ1n) is 6.42. The summed E-state index contributed by atoms with van der Waals surface area (Å²) in [5.41, 5.74) is 6.61. The second-order valence-electron chi connectivity index (χ2n) is 4.89. The molecule has 1 aromatic rings. The maximum Gasteiger partial charge on any atom is 0.232 e. The number of nitrogens with zero attached hydrogens (tertiary/aromatic N) is 1. The number of hydrogen-bond acceptors (Lipinski definition) is 3. The Morgan fingerprint density at radius 3 is 2.72 bits per heavy atom. The molecule has 0 unspecified atom stereocenters. The van der Waals surface area contributed by atoms with E-state index in [1.165, 1.54) is 11.8 Å². The van der Waals surface area contributed by atoms with Gasteiger partial charge in [-0.2, -0.15) is 0 Å². The number of hydrogen-bond donors (Lipinski definition) is 1. The minimum atomic E-state index is 0.232. The fourth-order valence-electron chi connectivity index (χ4n) is 2.10. The van der Waals surface area contributed by atoms with Crippen LogP contribution in [0.5, 0.6) is 0 Å². The van der Waals surface area contributed by atoms with Crippen molar-refractivity contribution in [2.75, 3.05) is 24.6 Å². The summed E-state index contributed by atoms with van der Waals surface area (Å²) in [7, 11) is 0. The fourth-order valence-corrected chi connectivity index (χ4v) is 2.97. The monoisotopic (exact) mass is 264 g/mol. The van der Waals surface area contributed by atoms with E-state index in [1.54, 1.807) is 0 Å². The van der Waals surface area contributed by atoms with Gasteiger partial charge in [0.15, 0.2) is 0 Å². The Hall–Kier alpha value is -1.16. The smallest absolute Gasteiger partial charge is 0.232 e. The molecule has 0 saturated carbocycles. The molecule has 1 saturated heterocycles. The van der Waals surface area contributed by atoms with E-state index in [-0.39, 0.29) is 5.91 Å². The Kier molecular flexibility index (Phi) is 4.53. The highest BCUT2D eigenvalue weighted by Gasteiger charge is 2.20. The molecule has 0 spiro atoms. The summed E-state index contributed by atoms with van der Waals surface area (Å²) in [5.74, 6) is 1.48. The number of thioether (sulfide) groups is 1. The first-order valence-corrected chi connectivity index (χ1v) is 7.40. The lowest BCUT2D eigenvalue weighted by molar-refractivity contribution is -0.129. The van der Waals surface area contributed by atoms with Crippen molar-refractivity contribution in [2.45, 2.75) is 24.7 Å². The minimum Gasteiger partial charge on any atom is -0.398 e. The lowest BCUT2D eigenvalue weighted by atomic mass is 9.99. The van der Waals surface area contributed by atoms with Gasteiger partial charge in [-0.15, -0.1) is 11.8 Å². The number of carbonyl (C=O) groups excluding carboxylic acids is 1. The van der Waals surface area contributed by atoms with Crippen LogP contribution in [-0.2, 0) is 4.79 Å². The van der Waals surface area contributed by atoms with Crippen molar-refractivity contribution in [2.24, 2.45) is 5.92 Å². The third kappa shape index (κ3) is 3.42. The number of nitrogens with two attached hydrogens (primary N) is 1. The SMILES string of the molecule is CC1CCN(C(=O)CSc2ccccc2N)CC1. The van der Waals surface area contributed by atoms with E-state index in [0.717, 1.165) is 42.4 Å². The lowest BCUT2D eigenvalue weighted by Gasteiger charge is -2.30. The Morgan fingerprint density at radius 2 is 2.06 bits per heavy atom. The van der Waals surface area contributed by atoms with Crippen molar-refractivity contribution in [1.29, 1.82) is 0 Å². The van der Waals surface area contributed by atoms with Crippen LogP contribution in [-0.4, -0.2) is 29.6 Å². The first kappa shape index (κ1) is 13.3. The van der Waals surface area contributed by atoms with Gasteiger partial charge < -0.3 is 10.6 Å². The van der Waals surface area contributed by atoms with Crippen LogP contribution in [0.1, 0.15) is 19.8 Å². The molecule has 98 valence electrons. The summed E-state index contributed by atoms with van der Waals surface area (Å²) in [6.07, 6.45) is 2.26. The van der Waals surface area contributed by atoms with Crippen molar-refractivity contribution < 1.29 is 4.79 Å². The first-order chi connectivity index (χ1) is 8.66. The molecule has 3 nitrogen and oxygen atoms in total. The van der Waals surface area contributed by atoms with Gasteiger partial charge in [0.25, 0.3) is 0 Å². The van der Waals surface area contributed by atoms with E-state index in [9.17, 15) is 4.79 Å².